The van der Waals surface area contributed by atoms with E-state index in [0.29, 0.717) is 12.3 Å². The summed E-state index contributed by atoms with van der Waals surface area (Å²) in [4.78, 5) is 10.4. The minimum absolute atomic E-state index is 0.0728. The van der Waals surface area contributed by atoms with Crippen LogP contribution in [0.25, 0.3) is 0 Å². The zero-order valence-electron chi connectivity index (χ0n) is 5.72. The van der Waals surface area contributed by atoms with Crippen LogP contribution in [0.3, 0.4) is 0 Å². The summed E-state index contributed by atoms with van der Waals surface area (Å²) in [6.07, 6.45) is 1.50. The molecule has 1 aliphatic heterocycles. The number of ether oxygens (including phenoxy) is 2. The van der Waals surface area contributed by atoms with Gasteiger partial charge in [0, 0.05) is 6.92 Å². The normalized spacial score (nSPS) is 15.1. The Labute approximate surface area is 58.8 Å². The number of amides is 1. The van der Waals surface area contributed by atoms with E-state index in [4.69, 9.17) is 9.47 Å². The smallest absolute Gasteiger partial charge is 0.229 e. The number of carbonyl (C=O) groups excluding carboxylic acids is 1. The van der Waals surface area contributed by atoms with Gasteiger partial charge in [-0.2, -0.15) is 0 Å². The van der Waals surface area contributed by atoms with Gasteiger partial charge in [0.15, 0.2) is 5.76 Å². The van der Waals surface area contributed by atoms with Crippen LogP contribution in [-0.4, -0.2) is 19.2 Å². The van der Waals surface area contributed by atoms with Crippen LogP contribution in [0.4, 0.5) is 0 Å². The Kier molecular flexibility index (Phi) is 2.15. The van der Waals surface area contributed by atoms with E-state index in [9.17, 15) is 4.79 Å². The minimum atomic E-state index is -0.0728. The molecule has 1 aliphatic rings. The Balaban J connectivity index is 2.19. The Hall–Kier alpha value is -1.19. The molecular weight excluding hydrogens is 134 g/mol. The number of carbonyl (C=O) groups is 1. The van der Waals surface area contributed by atoms with Crippen molar-refractivity contribution >= 4 is 5.91 Å². The second-order valence-electron chi connectivity index (χ2n) is 1.92. The summed E-state index contributed by atoms with van der Waals surface area (Å²) in [6, 6.07) is 0. The maximum absolute atomic E-state index is 10.4. The first-order valence-electron chi connectivity index (χ1n) is 2.97. The maximum Gasteiger partial charge on any atom is 0.229 e. The highest BCUT2D eigenvalue weighted by Crippen LogP contribution is 2.03. The van der Waals surface area contributed by atoms with Gasteiger partial charge < -0.3 is 14.8 Å². The fourth-order valence-corrected chi connectivity index (χ4v) is 0.575. The third-order valence-electron chi connectivity index (χ3n) is 1.04. The molecule has 1 heterocycles. The summed E-state index contributed by atoms with van der Waals surface area (Å²) in [7, 11) is 0. The van der Waals surface area contributed by atoms with Crippen LogP contribution >= 0.6 is 0 Å². The molecule has 0 aromatic carbocycles. The molecule has 10 heavy (non-hydrogen) atoms. The third-order valence-corrected chi connectivity index (χ3v) is 1.04. The molecule has 0 unspecified atom stereocenters. The fourth-order valence-electron chi connectivity index (χ4n) is 0.575. The van der Waals surface area contributed by atoms with Gasteiger partial charge in [0.05, 0.1) is 6.54 Å². The Bertz CT molecular complexity index is 164. The SMILES string of the molecule is CC(=O)NCC1=COCO1. The van der Waals surface area contributed by atoms with Gasteiger partial charge in [0.1, 0.15) is 6.26 Å². The van der Waals surface area contributed by atoms with E-state index in [2.05, 4.69) is 5.32 Å². The van der Waals surface area contributed by atoms with Gasteiger partial charge in [-0.05, 0) is 0 Å². The molecule has 0 fully saturated rings. The van der Waals surface area contributed by atoms with E-state index in [1.165, 1.54) is 13.2 Å². The van der Waals surface area contributed by atoms with Crippen molar-refractivity contribution in [1.82, 2.24) is 5.32 Å². The summed E-state index contributed by atoms with van der Waals surface area (Å²) in [6.45, 7) is 2.13. The average molecular weight is 143 g/mol. The molecule has 0 radical (unpaired) electrons. The molecule has 0 spiro atoms. The quantitative estimate of drug-likeness (QED) is 0.590. The highest BCUT2D eigenvalue weighted by Gasteiger charge is 2.05. The van der Waals surface area contributed by atoms with E-state index in [1.807, 2.05) is 0 Å². The molecule has 1 rings (SSSR count). The van der Waals surface area contributed by atoms with Crippen LogP contribution in [0.5, 0.6) is 0 Å². The van der Waals surface area contributed by atoms with Crippen molar-refractivity contribution in [2.45, 2.75) is 6.92 Å². The van der Waals surface area contributed by atoms with Gasteiger partial charge in [-0.3, -0.25) is 4.79 Å². The molecule has 0 aliphatic carbocycles. The van der Waals surface area contributed by atoms with Gasteiger partial charge in [-0.1, -0.05) is 0 Å². The average Bonchev–Trinajstić information content (AvgIpc) is 2.34. The van der Waals surface area contributed by atoms with Crippen LogP contribution in [0.1, 0.15) is 6.92 Å². The number of rotatable bonds is 2. The molecule has 0 atom stereocenters. The third kappa shape index (κ3) is 1.97. The predicted octanol–water partition coefficient (Wildman–Crippen LogP) is -0.0318. The largest absolute Gasteiger partial charge is 0.462 e. The Morgan fingerprint density at radius 3 is 3.20 bits per heavy atom. The first-order valence-corrected chi connectivity index (χ1v) is 2.97. The lowest BCUT2D eigenvalue weighted by molar-refractivity contribution is -0.118. The standard InChI is InChI=1S/C6H9NO3/c1-5(8)7-2-6-3-9-4-10-6/h3H,2,4H2,1H3,(H,7,8). The summed E-state index contributed by atoms with van der Waals surface area (Å²) < 4.78 is 9.68. The van der Waals surface area contributed by atoms with Gasteiger partial charge >= 0.3 is 0 Å². The highest BCUT2D eigenvalue weighted by atomic mass is 16.7. The Morgan fingerprint density at radius 2 is 2.70 bits per heavy atom. The fraction of sp³-hybridized carbons (Fsp3) is 0.500. The molecule has 4 nitrogen and oxygen atoms in total. The lowest BCUT2D eigenvalue weighted by Crippen LogP contribution is -2.22. The summed E-state index contributed by atoms with van der Waals surface area (Å²) in [5, 5.41) is 2.58. The molecular formula is C6H9NO3. The van der Waals surface area contributed by atoms with Crippen LogP contribution in [0, 0.1) is 0 Å². The summed E-state index contributed by atoms with van der Waals surface area (Å²) in [5.74, 6) is 0.589. The van der Waals surface area contributed by atoms with Crippen molar-refractivity contribution < 1.29 is 14.3 Å². The van der Waals surface area contributed by atoms with Crippen molar-refractivity contribution in [2.75, 3.05) is 13.3 Å². The second kappa shape index (κ2) is 3.10. The molecule has 0 saturated heterocycles. The van der Waals surface area contributed by atoms with Gasteiger partial charge in [0.25, 0.3) is 0 Å². The monoisotopic (exact) mass is 143 g/mol. The molecule has 0 saturated carbocycles. The molecule has 56 valence electrons. The minimum Gasteiger partial charge on any atom is -0.462 e. The van der Waals surface area contributed by atoms with Crippen LogP contribution in [0.2, 0.25) is 0 Å². The molecule has 1 amide bonds. The summed E-state index contributed by atoms with van der Waals surface area (Å²) in [5.41, 5.74) is 0. The van der Waals surface area contributed by atoms with Gasteiger partial charge in [-0.15, -0.1) is 0 Å². The van der Waals surface area contributed by atoms with Crippen molar-refractivity contribution in [3.63, 3.8) is 0 Å². The van der Waals surface area contributed by atoms with E-state index in [1.54, 1.807) is 0 Å². The van der Waals surface area contributed by atoms with Crippen LogP contribution < -0.4 is 5.32 Å². The molecule has 1 N–H and O–H groups in total. The van der Waals surface area contributed by atoms with E-state index in [0.717, 1.165) is 0 Å². The van der Waals surface area contributed by atoms with Crippen molar-refractivity contribution in [2.24, 2.45) is 0 Å². The predicted molar refractivity (Wildman–Crippen MR) is 33.8 cm³/mol. The topological polar surface area (TPSA) is 47.6 Å². The molecule has 0 bridgehead atoms. The van der Waals surface area contributed by atoms with Crippen molar-refractivity contribution in [1.29, 1.82) is 0 Å². The number of nitrogens with one attached hydrogen (secondary N) is 1. The van der Waals surface area contributed by atoms with Gasteiger partial charge in [-0.25, -0.2) is 0 Å². The van der Waals surface area contributed by atoms with E-state index < -0.39 is 0 Å². The summed E-state index contributed by atoms with van der Waals surface area (Å²) >= 11 is 0. The zero-order valence-corrected chi connectivity index (χ0v) is 5.72. The van der Waals surface area contributed by atoms with Crippen LogP contribution in [-0.2, 0) is 14.3 Å². The molecule has 0 aromatic heterocycles. The van der Waals surface area contributed by atoms with E-state index in [-0.39, 0.29) is 12.7 Å². The second-order valence-corrected chi connectivity index (χ2v) is 1.92. The molecule has 4 heteroatoms. The van der Waals surface area contributed by atoms with Gasteiger partial charge in [0.2, 0.25) is 12.7 Å². The van der Waals surface area contributed by atoms with Crippen molar-refractivity contribution in [3.8, 4) is 0 Å². The zero-order chi connectivity index (χ0) is 7.40. The van der Waals surface area contributed by atoms with Crippen LogP contribution in [0.15, 0.2) is 12.0 Å². The van der Waals surface area contributed by atoms with Crippen molar-refractivity contribution in [3.05, 3.63) is 12.0 Å². The first-order chi connectivity index (χ1) is 4.79. The Morgan fingerprint density at radius 1 is 1.90 bits per heavy atom. The number of hydrogen-bond donors (Lipinski definition) is 1. The number of hydrogen-bond acceptors (Lipinski definition) is 3. The lowest BCUT2D eigenvalue weighted by atomic mass is 10.5. The maximum atomic E-state index is 10.4. The highest BCUT2D eigenvalue weighted by molar-refractivity contribution is 5.73. The molecule has 0 aromatic rings. The lowest BCUT2D eigenvalue weighted by Gasteiger charge is -2.00. The van der Waals surface area contributed by atoms with E-state index >= 15 is 0 Å². The first kappa shape index (κ1) is 6.92.